The first-order valence-corrected chi connectivity index (χ1v) is 8.33. The van der Waals surface area contributed by atoms with Gasteiger partial charge in [-0.1, -0.05) is 25.4 Å². The highest BCUT2D eigenvalue weighted by Gasteiger charge is 2.38. The lowest BCUT2D eigenvalue weighted by molar-refractivity contribution is -0.154. The van der Waals surface area contributed by atoms with Crippen LogP contribution in [0, 0.1) is 5.41 Å². The summed E-state index contributed by atoms with van der Waals surface area (Å²) in [5, 5.41) is 9.43. The van der Waals surface area contributed by atoms with Gasteiger partial charge in [0.05, 0.1) is 16.3 Å². The first-order valence-electron chi connectivity index (χ1n) is 7.13. The summed E-state index contributed by atoms with van der Waals surface area (Å²) in [4.78, 5) is 26.7. The Morgan fingerprint density at radius 1 is 1.29 bits per heavy atom. The maximum Gasteiger partial charge on any atom is 0.310 e. The number of aliphatic carboxylic acids is 1. The topological polar surface area (TPSA) is 57.6 Å². The number of carbonyl (C=O) groups is 2. The molecule has 0 bridgehead atoms. The van der Waals surface area contributed by atoms with Crippen LogP contribution < -0.4 is 0 Å². The van der Waals surface area contributed by atoms with Crippen LogP contribution in [0.2, 0.25) is 4.34 Å². The van der Waals surface area contributed by atoms with Crippen molar-refractivity contribution in [3.63, 3.8) is 0 Å². The molecule has 0 aliphatic heterocycles. The molecular weight excluding hydrogens is 310 g/mol. The second kappa shape index (κ2) is 7.80. The molecular formula is C15H22ClNO3S. The highest BCUT2D eigenvalue weighted by molar-refractivity contribution is 7.16. The molecule has 118 valence electrons. The molecule has 1 amide bonds. The van der Waals surface area contributed by atoms with Crippen LogP contribution >= 0.6 is 22.9 Å². The predicted molar refractivity (Wildman–Crippen MR) is 85.7 cm³/mol. The van der Waals surface area contributed by atoms with Crippen LogP contribution in [0.4, 0.5) is 0 Å². The average Bonchev–Trinajstić information content (AvgIpc) is 2.87. The van der Waals surface area contributed by atoms with Crippen LogP contribution in [0.3, 0.4) is 0 Å². The zero-order valence-electron chi connectivity index (χ0n) is 12.7. The van der Waals surface area contributed by atoms with Crippen molar-refractivity contribution in [2.24, 2.45) is 5.41 Å². The number of amides is 1. The molecule has 1 heterocycles. The second-order valence-corrected chi connectivity index (χ2v) is 6.88. The third kappa shape index (κ3) is 4.45. The van der Waals surface area contributed by atoms with E-state index in [9.17, 15) is 14.7 Å². The molecule has 0 saturated carbocycles. The molecule has 0 aliphatic carbocycles. The molecule has 0 radical (unpaired) electrons. The van der Waals surface area contributed by atoms with E-state index in [-0.39, 0.29) is 12.3 Å². The van der Waals surface area contributed by atoms with Crippen LogP contribution in [-0.4, -0.2) is 28.4 Å². The number of carboxylic acid groups (broad SMARTS) is 1. The van der Waals surface area contributed by atoms with E-state index in [4.69, 9.17) is 11.6 Å². The van der Waals surface area contributed by atoms with E-state index >= 15 is 0 Å². The lowest BCUT2D eigenvalue weighted by Gasteiger charge is -2.29. The first-order chi connectivity index (χ1) is 9.88. The summed E-state index contributed by atoms with van der Waals surface area (Å²) in [5.41, 5.74) is -0.961. The molecule has 0 aliphatic rings. The molecule has 1 aromatic heterocycles. The van der Waals surface area contributed by atoms with E-state index in [0.717, 1.165) is 4.88 Å². The summed E-state index contributed by atoms with van der Waals surface area (Å²) < 4.78 is 0.690. The Bertz CT molecular complexity index is 497. The minimum Gasteiger partial charge on any atom is -0.481 e. The maximum atomic E-state index is 12.5. The van der Waals surface area contributed by atoms with E-state index in [0.29, 0.717) is 30.3 Å². The van der Waals surface area contributed by atoms with Gasteiger partial charge in [0.2, 0.25) is 5.91 Å². The number of carboxylic acids is 1. The van der Waals surface area contributed by atoms with Crippen molar-refractivity contribution in [3.8, 4) is 0 Å². The Kier molecular flexibility index (Phi) is 6.68. The average molecular weight is 332 g/mol. The van der Waals surface area contributed by atoms with Crippen molar-refractivity contribution in [1.29, 1.82) is 0 Å². The Morgan fingerprint density at radius 2 is 1.90 bits per heavy atom. The fraction of sp³-hybridized carbons (Fsp3) is 0.600. The summed E-state index contributed by atoms with van der Waals surface area (Å²) in [6, 6.07) is 3.70. The fourth-order valence-electron chi connectivity index (χ4n) is 2.28. The van der Waals surface area contributed by atoms with Crippen molar-refractivity contribution < 1.29 is 14.7 Å². The van der Waals surface area contributed by atoms with E-state index in [1.807, 2.05) is 26.8 Å². The fourth-order valence-corrected chi connectivity index (χ4v) is 3.38. The van der Waals surface area contributed by atoms with Gasteiger partial charge in [-0.25, -0.2) is 0 Å². The minimum absolute atomic E-state index is 0.0439. The molecule has 1 N–H and O–H groups in total. The Labute approximate surface area is 134 Å². The smallest absolute Gasteiger partial charge is 0.310 e. The number of halogens is 1. The Balaban J connectivity index is 2.81. The van der Waals surface area contributed by atoms with Gasteiger partial charge >= 0.3 is 5.97 Å². The predicted octanol–water partition coefficient (Wildman–Crippen LogP) is 4.03. The zero-order valence-corrected chi connectivity index (χ0v) is 14.3. The Morgan fingerprint density at radius 3 is 2.29 bits per heavy atom. The third-order valence-corrected chi connectivity index (χ3v) is 5.22. The van der Waals surface area contributed by atoms with E-state index < -0.39 is 11.4 Å². The highest BCUT2D eigenvalue weighted by atomic mass is 35.5. The molecule has 0 unspecified atom stereocenters. The quantitative estimate of drug-likeness (QED) is 0.782. The van der Waals surface area contributed by atoms with Crippen molar-refractivity contribution in [2.75, 3.05) is 6.54 Å². The van der Waals surface area contributed by atoms with Gasteiger partial charge in [-0.15, -0.1) is 11.3 Å². The van der Waals surface area contributed by atoms with Gasteiger partial charge in [-0.05, 0) is 31.9 Å². The molecule has 21 heavy (non-hydrogen) atoms. The third-order valence-electron chi connectivity index (χ3n) is 4.01. The molecule has 0 atom stereocenters. The summed E-state index contributed by atoms with van der Waals surface area (Å²) in [5.74, 6) is -1.01. The summed E-state index contributed by atoms with van der Waals surface area (Å²) >= 11 is 7.34. The van der Waals surface area contributed by atoms with Gasteiger partial charge in [0.25, 0.3) is 0 Å². The molecule has 1 rings (SSSR count). The lowest BCUT2D eigenvalue weighted by atomic mass is 9.79. The highest BCUT2D eigenvalue weighted by Crippen LogP contribution is 2.32. The number of hydrogen-bond acceptors (Lipinski definition) is 3. The van der Waals surface area contributed by atoms with Gasteiger partial charge < -0.3 is 10.0 Å². The number of carbonyl (C=O) groups excluding carboxylic acids is 1. The van der Waals surface area contributed by atoms with Crippen LogP contribution in [0.25, 0.3) is 0 Å². The monoisotopic (exact) mass is 331 g/mol. The van der Waals surface area contributed by atoms with Crippen LogP contribution in [-0.2, 0) is 16.1 Å². The van der Waals surface area contributed by atoms with Crippen LogP contribution in [0.15, 0.2) is 12.1 Å². The van der Waals surface area contributed by atoms with E-state index in [2.05, 4.69) is 0 Å². The first kappa shape index (κ1) is 18.0. The Hall–Kier alpha value is -1.07. The minimum atomic E-state index is -0.961. The van der Waals surface area contributed by atoms with Gasteiger partial charge in [0.1, 0.15) is 0 Å². The summed E-state index contributed by atoms with van der Waals surface area (Å²) in [6.45, 7) is 6.57. The number of hydrogen-bond donors (Lipinski definition) is 1. The van der Waals surface area contributed by atoms with Crippen LogP contribution in [0.1, 0.15) is 44.9 Å². The van der Waals surface area contributed by atoms with Gasteiger partial charge in [-0.3, -0.25) is 9.59 Å². The maximum absolute atomic E-state index is 12.5. The van der Waals surface area contributed by atoms with Crippen molar-refractivity contribution >= 4 is 34.8 Å². The van der Waals surface area contributed by atoms with Gasteiger partial charge in [-0.2, -0.15) is 0 Å². The molecule has 0 fully saturated rings. The van der Waals surface area contributed by atoms with Crippen molar-refractivity contribution in [1.82, 2.24) is 4.90 Å². The van der Waals surface area contributed by atoms with Gasteiger partial charge in [0, 0.05) is 17.8 Å². The summed E-state index contributed by atoms with van der Waals surface area (Å²) in [7, 11) is 0. The second-order valence-electron chi connectivity index (χ2n) is 5.08. The standard InChI is InChI=1S/C15H22ClNO3S/c1-4-15(5-2,14(19)20)9-13(18)17(6-3)10-11-7-8-12(16)21-11/h7-8H,4-6,9-10H2,1-3H3,(H,19,20). The van der Waals surface area contributed by atoms with E-state index in [1.165, 1.54) is 11.3 Å². The molecule has 4 nitrogen and oxygen atoms in total. The normalized spacial score (nSPS) is 11.4. The molecule has 1 aromatic rings. The largest absolute Gasteiger partial charge is 0.481 e. The van der Waals surface area contributed by atoms with E-state index in [1.54, 1.807) is 11.0 Å². The number of rotatable bonds is 8. The number of nitrogens with zero attached hydrogens (tertiary/aromatic N) is 1. The molecule has 0 saturated heterocycles. The zero-order chi connectivity index (χ0) is 16.0. The molecule has 0 aromatic carbocycles. The van der Waals surface area contributed by atoms with Crippen molar-refractivity contribution in [2.45, 2.75) is 46.6 Å². The molecule has 0 spiro atoms. The van der Waals surface area contributed by atoms with Crippen molar-refractivity contribution in [3.05, 3.63) is 21.3 Å². The SMILES string of the molecule is CCN(Cc1ccc(Cl)s1)C(=O)CC(CC)(CC)C(=O)O. The lowest BCUT2D eigenvalue weighted by Crippen LogP contribution is -2.39. The molecule has 6 heteroatoms. The van der Waals surface area contributed by atoms with Crippen LogP contribution in [0.5, 0.6) is 0 Å². The van der Waals surface area contributed by atoms with Gasteiger partial charge in [0.15, 0.2) is 0 Å². The summed E-state index contributed by atoms with van der Waals surface area (Å²) in [6.07, 6.45) is 0.947. The number of thiophene rings is 1.